The van der Waals surface area contributed by atoms with Gasteiger partial charge in [0, 0.05) is 57.0 Å². The molecule has 1 aliphatic heterocycles. The van der Waals surface area contributed by atoms with Crippen molar-refractivity contribution in [1.29, 1.82) is 0 Å². The maximum Gasteiger partial charge on any atom is 0.110 e. The van der Waals surface area contributed by atoms with Gasteiger partial charge in [-0.1, -0.05) is 0 Å². The van der Waals surface area contributed by atoms with E-state index in [2.05, 4.69) is 29.4 Å². The zero-order chi connectivity index (χ0) is 17.9. The molecule has 1 fully saturated rings. The number of imidazole rings is 1. The Morgan fingerprint density at radius 3 is 2.65 bits per heavy atom. The van der Waals surface area contributed by atoms with Crippen molar-refractivity contribution < 1.29 is 0 Å². The number of aryl methyl sites for hydroxylation is 1. The van der Waals surface area contributed by atoms with E-state index in [1.54, 1.807) is 24.8 Å². The van der Waals surface area contributed by atoms with Crippen LogP contribution in [0.1, 0.15) is 36.0 Å². The molecule has 3 aromatic heterocycles. The zero-order valence-electron chi connectivity index (χ0n) is 15.2. The van der Waals surface area contributed by atoms with Crippen LogP contribution in [-0.2, 0) is 13.6 Å². The average Bonchev–Trinajstić information content (AvgIpc) is 3.01. The molecule has 7 heteroatoms. The number of hydrogen-bond acceptors (Lipinski definition) is 6. The Bertz CT molecular complexity index is 875. The maximum absolute atomic E-state index is 4.71. The molecule has 4 rings (SSSR count). The highest BCUT2D eigenvalue weighted by Gasteiger charge is 2.26. The smallest absolute Gasteiger partial charge is 0.110 e. The molecule has 1 saturated heterocycles. The molecule has 0 unspecified atom stereocenters. The first-order valence-corrected chi connectivity index (χ1v) is 8.99. The monoisotopic (exact) mass is 349 g/mol. The van der Waals surface area contributed by atoms with Gasteiger partial charge in [0.05, 0.1) is 23.3 Å². The van der Waals surface area contributed by atoms with Gasteiger partial charge in [-0.3, -0.25) is 24.8 Å². The lowest BCUT2D eigenvalue weighted by molar-refractivity contribution is 0.196. The van der Waals surface area contributed by atoms with E-state index in [-0.39, 0.29) is 0 Å². The lowest BCUT2D eigenvalue weighted by Gasteiger charge is -2.32. The number of aromatic nitrogens is 6. The second-order valence-electron chi connectivity index (χ2n) is 6.81. The van der Waals surface area contributed by atoms with Gasteiger partial charge in [-0.15, -0.1) is 0 Å². The normalized spacial score (nSPS) is 18.2. The van der Waals surface area contributed by atoms with Crippen LogP contribution in [0.15, 0.2) is 37.2 Å². The molecule has 134 valence electrons. The van der Waals surface area contributed by atoms with Crippen LogP contribution >= 0.6 is 0 Å². The molecule has 0 spiro atoms. The van der Waals surface area contributed by atoms with E-state index in [1.807, 2.05) is 26.4 Å². The summed E-state index contributed by atoms with van der Waals surface area (Å²) < 4.78 is 2.08. The average molecular weight is 349 g/mol. The number of nitrogens with zero attached hydrogens (tertiary/aromatic N) is 7. The Kier molecular flexibility index (Phi) is 4.71. The third-order valence-corrected chi connectivity index (χ3v) is 5.08. The maximum atomic E-state index is 4.71. The van der Waals surface area contributed by atoms with Gasteiger partial charge in [-0.25, -0.2) is 4.98 Å². The lowest BCUT2D eigenvalue weighted by Crippen LogP contribution is -2.34. The van der Waals surface area contributed by atoms with Crippen molar-refractivity contribution >= 4 is 0 Å². The summed E-state index contributed by atoms with van der Waals surface area (Å²) >= 11 is 0. The Balaban J connectivity index is 1.58. The minimum atomic E-state index is 0.360. The van der Waals surface area contributed by atoms with Crippen molar-refractivity contribution in [1.82, 2.24) is 34.4 Å². The van der Waals surface area contributed by atoms with Crippen LogP contribution in [0.5, 0.6) is 0 Å². The third-order valence-electron chi connectivity index (χ3n) is 5.08. The highest BCUT2D eigenvalue weighted by molar-refractivity contribution is 5.58. The third kappa shape index (κ3) is 3.35. The molecule has 0 aromatic carbocycles. The van der Waals surface area contributed by atoms with Crippen LogP contribution in [-0.4, -0.2) is 47.5 Å². The number of rotatable bonds is 4. The fourth-order valence-corrected chi connectivity index (χ4v) is 3.63. The van der Waals surface area contributed by atoms with Gasteiger partial charge in [0.15, 0.2) is 0 Å². The summed E-state index contributed by atoms with van der Waals surface area (Å²) in [6, 6.07) is 0. The molecule has 0 bridgehead atoms. The molecule has 0 radical (unpaired) electrons. The van der Waals surface area contributed by atoms with Gasteiger partial charge in [0.25, 0.3) is 0 Å². The van der Waals surface area contributed by atoms with E-state index in [0.717, 1.165) is 61.1 Å². The first-order valence-electron chi connectivity index (χ1n) is 8.99. The van der Waals surface area contributed by atoms with Crippen LogP contribution in [0.4, 0.5) is 0 Å². The van der Waals surface area contributed by atoms with Crippen LogP contribution in [0.3, 0.4) is 0 Å². The first kappa shape index (κ1) is 16.8. The largest absolute Gasteiger partial charge is 0.330 e. The molecule has 0 saturated carbocycles. The van der Waals surface area contributed by atoms with E-state index in [4.69, 9.17) is 4.98 Å². The molecule has 26 heavy (non-hydrogen) atoms. The minimum Gasteiger partial charge on any atom is -0.330 e. The van der Waals surface area contributed by atoms with Gasteiger partial charge >= 0.3 is 0 Å². The Morgan fingerprint density at radius 1 is 1.04 bits per heavy atom. The molecule has 0 amide bonds. The van der Waals surface area contributed by atoms with E-state index in [0.29, 0.717) is 5.92 Å². The second-order valence-corrected chi connectivity index (χ2v) is 6.81. The summed E-state index contributed by atoms with van der Waals surface area (Å²) in [7, 11) is 2.03. The molecular formula is C19H23N7. The van der Waals surface area contributed by atoms with Crippen LogP contribution in [0.25, 0.3) is 11.4 Å². The highest BCUT2D eigenvalue weighted by atomic mass is 15.1. The number of piperidine rings is 1. The van der Waals surface area contributed by atoms with Crippen molar-refractivity contribution in [3.8, 4) is 11.4 Å². The molecule has 0 N–H and O–H groups in total. The van der Waals surface area contributed by atoms with Gasteiger partial charge in [-0.2, -0.15) is 0 Å². The van der Waals surface area contributed by atoms with Gasteiger partial charge < -0.3 is 4.57 Å². The van der Waals surface area contributed by atoms with E-state index >= 15 is 0 Å². The summed E-state index contributed by atoms with van der Waals surface area (Å²) in [5.41, 5.74) is 4.05. The Labute approximate surface area is 153 Å². The lowest BCUT2D eigenvalue weighted by atomic mass is 9.92. The van der Waals surface area contributed by atoms with Crippen molar-refractivity contribution in [2.45, 2.75) is 32.2 Å². The van der Waals surface area contributed by atoms with Crippen molar-refractivity contribution in [2.75, 3.05) is 13.1 Å². The van der Waals surface area contributed by atoms with E-state index < -0.39 is 0 Å². The molecule has 1 aliphatic rings. The molecule has 0 aliphatic carbocycles. The van der Waals surface area contributed by atoms with E-state index in [9.17, 15) is 0 Å². The van der Waals surface area contributed by atoms with Crippen LogP contribution in [0, 0.1) is 6.92 Å². The standard InChI is InChI=1S/C19H23N7/c1-14-24-11-17(25(14)2)19-18(22-7-8-23-19)15-4-3-9-26(12-15)13-16-10-20-5-6-21-16/h5-8,10-11,15H,3-4,9,12-13H2,1-2H3/t15-/m1/s1. The predicted octanol–water partition coefficient (Wildman–Crippen LogP) is 2.36. The zero-order valence-corrected chi connectivity index (χ0v) is 15.2. The summed E-state index contributed by atoms with van der Waals surface area (Å²) in [5.74, 6) is 1.34. The molecule has 4 heterocycles. The molecule has 7 nitrogen and oxygen atoms in total. The van der Waals surface area contributed by atoms with Gasteiger partial charge in [0.1, 0.15) is 11.5 Å². The fourth-order valence-electron chi connectivity index (χ4n) is 3.63. The van der Waals surface area contributed by atoms with Gasteiger partial charge in [-0.05, 0) is 26.3 Å². The van der Waals surface area contributed by atoms with E-state index in [1.165, 1.54) is 0 Å². The van der Waals surface area contributed by atoms with Gasteiger partial charge in [0.2, 0.25) is 0 Å². The Hall–Kier alpha value is -2.67. The molecular weight excluding hydrogens is 326 g/mol. The quantitative estimate of drug-likeness (QED) is 0.720. The predicted molar refractivity (Wildman–Crippen MR) is 98.3 cm³/mol. The van der Waals surface area contributed by atoms with Crippen LogP contribution < -0.4 is 0 Å². The minimum absolute atomic E-state index is 0.360. The first-order chi connectivity index (χ1) is 12.7. The number of hydrogen-bond donors (Lipinski definition) is 0. The van der Waals surface area contributed by atoms with Crippen LogP contribution in [0.2, 0.25) is 0 Å². The fraction of sp³-hybridized carbons (Fsp3) is 0.421. The Morgan fingerprint density at radius 2 is 1.88 bits per heavy atom. The summed E-state index contributed by atoms with van der Waals surface area (Å²) in [4.78, 5) is 24.8. The molecule has 3 aromatic rings. The summed E-state index contributed by atoms with van der Waals surface area (Å²) in [5, 5.41) is 0. The molecule has 1 atom stereocenters. The highest BCUT2D eigenvalue weighted by Crippen LogP contribution is 2.32. The second kappa shape index (κ2) is 7.29. The SMILES string of the molecule is Cc1ncc(-c2nccnc2[C@@H]2CCCN(Cc3cnccn3)C2)n1C. The van der Waals surface area contributed by atoms with Crippen molar-refractivity contribution in [3.05, 3.63) is 54.4 Å². The summed E-state index contributed by atoms with van der Waals surface area (Å²) in [6.07, 6.45) is 13.0. The summed E-state index contributed by atoms with van der Waals surface area (Å²) in [6.45, 7) is 4.86. The number of likely N-dealkylation sites (tertiary alicyclic amines) is 1. The topological polar surface area (TPSA) is 72.6 Å². The van der Waals surface area contributed by atoms with Crippen molar-refractivity contribution in [3.63, 3.8) is 0 Å². The van der Waals surface area contributed by atoms with Crippen molar-refractivity contribution in [2.24, 2.45) is 7.05 Å².